The molecule has 194 valence electrons. The van der Waals surface area contributed by atoms with Crippen LogP contribution in [0.5, 0.6) is 0 Å². The molecule has 2 heterocycles. The SMILES string of the molecule is O=C(OCC(=O)N1N=C2C(=Cc3ccc(F)cc3)CCCC2C1c1ccc(F)cc1)c1cc(=O)[nH]c(=O)[nH]1. The fourth-order valence-corrected chi connectivity index (χ4v) is 4.81. The predicted molar refractivity (Wildman–Crippen MR) is 133 cm³/mol. The summed E-state index contributed by atoms with van der Waals surface area (Å²) in [7, 11) is 0. The van der Waals surface area contributed by atoms with Crippen LogP contribution in [0.2, 0.25) is 0 Å². The number of fused-ring (bicyclic) bond motifs is 1. The van der Waals surface area contributed by atoms with Crippen molar-refractivity contribution in [1.82, 2.24) is 15.0 Å². The van der Waals surface area contributed by atoms with Gasteiger partial charge in [-0.25, -0.2) is 23.4 Å². The van der Waals surface area contributed by atoms with Gasteiger partial charge in [-0.3, -0.25) is 14.6 Å². The number of amides is 1. The molecule has 1 aliphatic carbocycles. The molecule has 2 aliphatic rings. The van der Waals surface area contributed by atoms with Crippen molar-refractivity contribution in [3.63, 3.8) is 0 Å². The van der Waals surface area contributed by atoms with Gasteiger partial charge in [-0.2, -0.15) is 5.10 Å². The van der Waals surface area contributed by atoms with Crippen molar-refractivity contribution in [1.29, 1.82) is 0 Å². The van der Waals surface area contributed by atoms with E-state index in [1.807, 2.05) is 11.1 Å². The Balaban J connectivity index is 1.44. The number of carbonyl (C=O) groups is 2. The lowest BCUT2D eigenvalue weighted by molar-refractivity contribution is -0.137. The van der Waals surface area contributed by atoms with Crippen LogP contribution in [0.4, 0.5) is 8.78 Å². The summed E-state index contributed by atoms with van der Waals surface area (Å²) in [5, 5.41) is 5.87. The highest BCUT2D eigenvalue weighted by molar-refractivity contribution is 6.08. The van der Waals surface area contributed by atoms with Gasteiger partial charge in [-0.1, -0.05) is 24.3 Å². The number of rotatable bonds is 5. The van der Waals surface area contributed by atoms with Crippen LogP contribution < -0.4 is 11.2 Å². The number of aromatic amines is 2. The van der Waals surface area contributed by atoms with Crippen LogP contribution in [0, 0.1) is 17.6 Å². The number of aromatic nitrogens is 2. The van der Waals surface area contributed by atoms with E-state index in [0.717, 1.165) is 30.0 Å². The zero-order valence-corrected chi connectivity index (χ0v) is 19.9. The lowest BCUT2D eigenvalue weighted by Gasteiger charge is -2.29. The second-order valence-electron chi connectivity index (χ2n) is 9.02. The maximum atomic E-state index is 13.7. The molecule has 1 aliphatic heterocycles. The maximum Gasteiger partial charge on any atom is 0.355 e. The van der Waals surface area contributed by atoms with Crippen molar-refractivity contribution in [2.24, 2.45) is 11.0 Å². The van der Waals surface area contributed by atoms with E-state index in [4.69, 9.17) is 4.74 Å². The van der Waals surface area contributed by atoms with Gasteiger partial charge >= 0.3 is 11.7 Å². The van der Waals surface area contributed by atoms with Crippen LogP contribution in [-0.2, 0) is 9.53 Å². The Kier molecular flexibility index (Phi) is 6.82. The van der Waals surface area contributed by atoms with Crippen molar-refractivity contribution in [2.75, 3.05) is 6.61 Å². The quantitative estimate of drug-likeness (QED) is 0.500. The molecule has 0 spiro atoms. The van der Waals surface area contributed by atoms with E-state index in [9.17, 15) is 28.0 Å². The molecular weight excluding hydrogens is 498 g/mol. The van der Waals surface area contributed by atoms with Crippen LogP contribution in [0.1, 0.15) is 46.9 Å². The second kappa shape index (κ2) is 10.4. The third-order valence-electron chi connectivity index (χ3n) is 6.49. The average Bonchev–Trinajstić information content (AvgIpc) is 3.29. The number of hydrogen-bond donors (Lipinski definition) is 2. The van der Waals surface area contributed by atoms with Crippen molar-refractivity contribution in [3.05, 3.63) is 109 Å². The number of hydrogen-bond acceptors (Lipinski definition) is 6. The Hall–Kier alpha value is -4.67. The highest BCUT2D eigenvalue weighted by Gasteiger charge is 2.43. The first-order valence-corrected chi connectivity index (χ1v) is 11.9. The van der Waals surface area contributed by atoms with E-state index in [0.29, 0.717) is 17.7 Å². The third kappa shape index (κ3) is 5.22. The Morgan fingerprint density at radius 3 is 2.39 bits per heavy atom. The number of halogens is 2. The van der Waals surface area contributed by atoms with Crippen LogP contribution >= 0.6 is 0 Å². The van der Waals surface area contributed by atoms with E-state index >= 15 is 0 Å². The molecule has 0 bridgehead atoms. The summed E-state index contributed by atoms with van der Waals surface area (Å²) in [4.78, 5) is 52.7. The minimum Gasteiger partial charge on any atom is -0.451 e. The molecule has 0 saturated heterocycles. The number of nitrogens with zero attached hydrogens (tertiary/aromatic N) is 2. The highest BCUT2D eigenvalue weighted by atomic mass is 19.1. The number of allylic oxidation sites excluding steroid dienone is 1. The highest BCUT2D eigenvalue weighted by Crippen LogP contribution is 2.44. The largest absolute Gasteiger partial charge is 0.451 e. The molecule has 2 atom stereocenters. The second-order valence-corrected chi connectivity index (χ2v) is 9.02. The number of benzene rings is 2. The van der Waals surface area contributed by atoms with E-state index in [1.165, 1.54) is 29.3 Å². The predicted octanol–water partition coefficient (Wildman–Crippen LogP) is 3.32. The minimum absolute atomic E-state index is 0.190. The number of carbonyl (C=O) groups excluding carboxylic acids is 2. The molecule has 1 fully saturated rings. The number of H-pyrrole nitrogens is 2. The monoisotopic (exact) mass is 520 g/mol. The summed E-state index contributed by atoms with van der Waals surface area (Å²) in [6.07, 6.45) is 4.15. The molecule has 0 radical (unpaired) electrons. The van der Waals surface area contributed by atoms with E-state index in [1.54, 1.807) is 24.3 Å². The Morgan fingerprint density at radius 2 is 1.71 bits per heavy atom. The smallest absolute Gasteiger partial charge is 0.355 e. The lowest BCUT2D eigenvalue weighted by atomic mass is 9.77. The van der Waals surface area contributed by atoms with Crippen LogP contribution in [0.25, 0.3) is 6.08 Å². The zero-order valence-electron chi connectivity index (χ0n) is 19.9. The number of nitrogens with one attached hydrogen (secondary N) is 2. The molecule has 11 heteroatoms. The van der Waals surface area contributed by atoms with Gasteiger partial charge in [0.05, 0.1) is 11.8 Å². The van der Waals surface area contributed by atoms with Crippen LogP contribution in [-0.4, -0.2) is 39.2 Å². The van der Waals surface area contributed by atoms with Crippen molar-refractivity contribution >= 4 is 23.7 Å². The van der Waals surface area contributed by atoms with Gasteiger partial charge in [0, 0.05) is 12.0 Å². The summed E-state index contributed by atoms with van der Waals surface area (Å²) in [6.45, 7) is -0.703. The summed E-state index contributed by atoms with van der Waals surface area (Å²) >= 11 is 0. The number of ether oxygens (including phenoxy) is 1. The lowest BCUT2D eigenvalue weighted by Crippen LogP contribution is -2.35. The molecule has 5 rings (SSSR count). The van der Waals surface area contributed by atoms with Crippen molar-refractivity contribution in [2.45, 2.75) is 25.3 Å². The Morgan fingerprint density at radius 1 is 1.03 bits per heavy atom. The van der Waals surface area contributed by atoms with Crippen LogP contribution in [0.3, 0.4) is 0 Å². The summed E-state index contributed by atoms with van der Waals surface area (Å²) in [5.74, 6) is -2.65. The molecular formula is C27H22F2N4O5. The summed E-state index contributed by atoms with van der Waals surface area (Å²) in [5.41, 5.74) is 0.960. The first-order valence-electron chi connectivity index (χ1n) is 11.9. The van der Waals surface area contributed by atoms with Gasteiger partial charge in [-0.05, 0) is 66.3 Å². The first kappa shape index (κ1) is 25.0. The van der Waals surface area contributed by atoms with Gasteiger partial charge in [0.15, 0.2) is 6.61 Å². The molecule has 9 nitrogen and oxygen atoms in total. The van der Waals surface area contributed by atoms with Crippen molar-refractivity contribution in [3.8, 4) is 0 Å². The van der Waals surface area contributed by atoms with E-state index in [2.05, 4.69) is 10.1 Å². The maximum absolute atomic E-state index is 13.7. The number of hydrazone groups is 1. The summed E-state index contributed by atoms with van der Waals surface area (Å²) < 4.78 is 32.1. The molecule has 1 saturated carbocycles. The van der Waals surface area contributed by atoms with Gasteiger partial charge < -0.3 is 9.72 Å². The topological polar surface area (TPSA) is 125 Å². The minimum atomic E-state index is -1.05. The third-order valence-corrected chi connectivity index (χ3v) is 6.49. The summed E-state index contributed by atoms with van der Waals surface area (Å²) in [6, 6.07) is 12.1. The molecule has 3 aromatic rings. The average molecular weight is 520 g/mol. The Labute approximate surface area is 214 Å². The van der Waals surface area contributed by atoms with Crippen LogP contribution in [0.15, 0.2) is 74.9 Å². The van der Waals surface area contributed by atoms with E-state index < -0.39 is 47.3 Å². The molecule has 2 aromatic carbocycles. The molecule has 2 N–H and O–H groups in total. The van der Waals surface area contributed by atoms with Gasteiger partial charge in [-0.15, -0.1) is 0 Å². The fourth-order valence-electron chi connectivity index (χ4n) is 4.81. The molecule has 1 aromatic heterocycles. The number of esters is 1. The van der Waals surface area contributed by atoms with Crippen molar-refractivity contribution < 1.29 is 23.1 Å². The molecule has 1 amide bonds. The Bertz CT molecular complexity index is 1530. The standard InChI is InChI=1S/C27H22F2N4O5/c28-18-8-4-15(5-9-18)12-17-2-1-3-20-24(17)32-33(25(20)16-6-10-19(29)11-7-16)23(35)14-38-26(36)21-13-22(34)31-27(37)30-21/h4-13,20,25H,1-3,14H2,(H2,30,31,34,37). The normalized spacial score (nSPS) is 19.7. The molecule has 38 heavy (non-hydrogen) atoms. The van der Waals surface area contributed by atoms with Gasteiger partial charge in [0.2, 0.25) is 0 Å². The molecule has 2 unspecified atom stereocenters. The fraction of sp³-hybridized carbons (Fsp3) is 0.222. The zero-order chi connectivity index (χ0) is 26.8. The van der Waals surface area contributed by atoms with Gasteiger partial charge in [0.25, 0.3) is 11.5 Å². The first-order chi connectivity index (χ1) is 18.3. The van der Waals surface area contributed by atoms with Gasteiger partial charge in [0.1, 0.15) is 17.3 Å². The van der Waals surface area contributed by atoms with E-state index in [-0.39, 0.29) is 11.7 Å².